The van der Waals surface area contributed by atoms with Gasteiger partial charge in [-0.05, 0) is 40.5 Å². The van der Waals surface area contributed by atoms with Crippen LogP contribution in [-0.4, -0.2) is 41.8 Å². The number of nitrogens with one attached hydrogen (secondary N) is 2. The number of rotatable bonds is 11. The average Bonchev–Trinajstić information content (AvgIpc) is 3.18. The molecule has 0 fully saturated rings. The lowest BCUT2D eigenvalue weighted by Gasteiger charge is -2.26. The number of carboxylic acids is 1. The van der Waals surface area contributed by atoms with Crippen LogP contribution in [0.4, 0.5) is 4.79 Å². The summed E-state index contributed by atoms with van der Waals surface area (Å²) < 4.78 is 5.60. The van der Waals surface area contributed by atoms with Crippen molar-refractivity contribution in [3.8, 4) is 11.1 Å². The topological polar surface area (TPSA) is 105 Å². The molecule has 0 heterocycles. The van der Waals surface area contributed by atoms with E-state index in [0.29, 0.717) is 12.8 Å². The number of amides is 2. The van der Waals surface area contributed by atoms with Gasteiger partial charge in [-0.3, -0.25) is 4.79 Å². The fraction of sp³-hybridized carbons (Fsp3) is 0.464. The van der Waals surface area contributed by atoms with E-state index in [1.807, 2.05) is 64.1 Å². The zero-order valence-electron chi connectivity index (χ0n) is 20.9. The van der Waals surface area contributed by atoms with Gasteiger partial charge in [0.1, 0.15) is 18.7 Å². The Morgan fingerprint density at radius 1 is 0.914 bits per heavy atom. The molecule has 0 spiro atoms. The largest absolute Gasteiger partial charge is 0.480 e. The minimum atomic E-state index is -1.08. The first-order valence-corrected chi connectivity index (χ1v) is 12.4. The molecule has 0 radical (unpaired) electrons. The lowest BCUT2D eigenvalue weighted by molar-refractivity contribution is -0.142. The molecule has 35 heavy (non-hydrogen) atoms. The fourth-order valence-electron chi connectivity index (χ4n) is 4.52. The van der Waals surface area contributed by atoms with E-state index in [1.54, 1.807) is 0 Å². The molecule has 7 heteroatoms. The zero-order valence-corrected chi connectivity index (χ0v) is 20.9. The molecule has 1 aliphatic carbocycles. The van der Waals surface area contributed by atoms with E-state index in [9.17, 15) is 19.5 Å². The maximum Gasteiger partial charge on any atom is 0.407 e. The van der Waals surface area contributed by atoms with Crippen molar-refractivity contribution in [2.24, 2.45) is 11.8 Å². The molecule has 2 aromatic rings. The van der Waals surface area contributed by atoms with Crippen LogP contribution in [0.15, 0.2) is 48.5 Å². The summed E-state index contributed by atoms with van der Waals surface area (Å²) in [5.74, 6) is -1.73. The Kier molecular flexibility index (Phi) is 8.90. The second kappa shape index (κ2) is 11.9. The van der Waals surface area contributed by atoms with Crippen LogP contribution in [0.1, 0.15) is 64.0 Å². The van der Waals surface area contributed by atoms with Crippen molar-refractivity contribution in [2.45, 2.75) is 65.0 Å². The van der Waals surface area contributed by atoms with Crippen molar-refractivity contribution >= 4 is 18.0 Å². The fourth-order valence-corrected chi connectivity index (χ4v) is 4.52. The molecule has 2 aromatic carbocycles. The van der Waals surface area contributed by atoms with Crippen LogP contribution >= 0.6 is 0 Å². The molecule has 3 unspecified atom stereocenters. The first-order valence-electron chi connectivity index (χ1n) is 12.4. The number of carboxylic acid groups (broad SMARTS) is 1. The molecule has 2 amide bonds. The molecule has 0 saturated heterocycles. The van der Waals surface area contributed by atoms with Gasteiger partial charge in [-0.15, -0.1) is 0 Å². The quantitative estimate of drug-likeness (QED) is 0.422. The van der Waals surface area contributed by atoms with Gasteiger partial charge in [0.15, 0.2) is 0 Å². The van der Waals surface area contributed by atoms with E-state index in [0.717, 1.165) is 28.7 Å². The van der Waals surface area contributed by atoms with Crippen LogP contribution < -0.4 is 10.6 Å². The van der Waals surface area contributed by atoms with E-state index in [-0.39, 0.29) is 24.4 Å². The Hall–Kier alpha value is -3.35. The highest BCUT2D eigenvalue weighted by Gasteiger charge is 2.32. The molecule has 188 valence electrons. The number of hydrogen-bond donors (Lipinski definition) is 3. The van der Waals surface area contributed by atoms with Crippen LogP contribution in [0.25, 0.3) is 11.1 Å². The Bertz CT molecular complexity index is 1010. The van der Waals surface area contributed by atoms with Crippen LogP contribution in [0.5, 0.6) is 0 Å². The first-order chi connectivity index (χ1) is 16.8. The van der Waals surface area contributed by atoms with Gasteiger partial charge in [-0.25, -0.2) is 9.59 Å². The highest BCUT2D eigenvalue weighted by Crippen LogP contribution is 2.44. The number of carbonyl (C=O) groups is 3. The summed E-state index contributed by atoms with van der Waals surface area (Å²) in [5, 5.41) is 14.9. The molecule has 3 N–H and O–H groups in total. The molecule has 1 aliphatic rings. The predicted molar refractivity (Wildman–Crippen MR) is 135 cm³/mol. The zero-order chi connectivity index (χ0) is 25.5. The Labute approximate surface area is 207 Å². The molecule has 0 saturated carbocycles. The summed E-state index contributed by atoms with van der Waals surface area (Å²) in [6.07, 6.45) is 1.08. The van der Waals surface area contributed by atoms with Crippen molar-refractivity contribution in [3.63, 3.8) is 0 Å². The predicted octanol–water partition coefficient (Wildman–Crippen LogP) is 4.95. The lowest BCUT2D eigenvalue weighted by Crippen LogP contribution is -2.54. The molecule has 0 aromatic heterocycles. The number of fused-ring (bicyclic) bond motifs is 3. The van der Waals surface area contributed by atoms with Crippen molar-refractivity contribution < 1.29 is 24.2 Å². The van der Waals surface area contributed by atoms with Crippen LogP contribution in [-0.2, 0) is 14.3 Å². The molecule has 7 nitrogen and oxygen atoms in total. The lowest BCUT2D eigenvalue weighted by atomic mass is 9.96. The summed E-state index contributed by atoms with van der Waals surface area (Å²) in [6, 6.07) is 14.2. The van der Waals surface area contributed by atoms with Crippen molar-refractivity contribution in [1.29, 1.82) is 0 Å². The summed E-state index contributed by atoms with van der Waals surface area (Å²) in [7, 11) is 0. The van der Waals surface area contributed by atoms with E-state index >= 15 is 0 Å². The van der Waals surface area contributed by atoms with Gasteiger partial charge in [0.25, 0.3) is 0 Å². The molecule has 0 bridgehead atoms. The van der Waals surface area contributed by atoms with E-state index in [4.69, 9.17) is 4.74 Å². The molecular formula is C28H36N2O5. The van der Waals surface area contributed by atoms with Crippen LogP contribution in [0.2, 0.25) is 0 Å². The minimum absolute atomic E-state index is 0.0871. The number of aliphatic carboxylic acids is 1. The highest BCUT2D eigenvalue weighted by atomic mass is 16.5. The highest BCUT2D eigenvalue weighted by molar-refractivity contribution is 5.89. The normalized spacial score (nSPS) is 15.8. The van der Waals surface area contributed by atoms with E-state index in [1.165, 1.54) is 0 Å². The summed E-state index contributed by atoms with van der Waals surface area (Å²) >= 11 is 0. The van der Waals surface area contributed by atoms with Crippen molar-refractivity contribution in [3.05, 3.63) is 59.7 Å². The SMILES string of the molecule is CCC(C)CC(NC(=O)[C@@H](NC(=O)OCC1c2ccccc2-c2ccccc21)C(C)CC)C(=O)O. The number of alkyl carbamates (subject to hydrolysis) is 1. The second-order valence-electron chi connectivity index (χ2n) is 9.48. The Morgan fingerprint density at radius 2 is 1.49 bits per heavy atom. The Morgan fingerprint density at radius 3 is 2.00 bits per heavy atom. The molecular weight excluding hydrogens is 444 g/mol. The van der Waals surface area contributed by atoms with Crippen LogP contribution in [0, 0.1) is 11.8 Å². The maximum absolute atomic E-state index is 13.0. The molecule has 4 atom stereocenters. The van der Waals surface area contributed by atoms with E-state index in [2.05, 4.69) is 22.8 Å². The first kappa shape index (κ1) is 26.3. The third-order valence-corrected chi connectivity index (χ3v) is 7.06. The number of carbonyl (C=O) groups excluding carboxylic acids is 2. The van der Waals surface area contributed by atoms with Crippen LogP contribution in [0.3, 0.4) is 0 Å². The van der Waals surface area contributed by atoms with Crippen molar-refractivity contribution in [1.82, 2.24) is 10.6 Å². The minimum Gasteiger partial charge on any atom is -0.480 e. The van der Waals surface area contributed by atoms with Gasteiger partial charge in [-0.1, -0.05) is 89.1 Å². The van der Waals surface area contributed by atoms with Gasteiger partial charge in [-0.2, -0.15) is 0 Å². The third-order valence-electron chi connectivity index (χ3n) is 7.06. The number of benzene rings is 2. The summed E-state index contributed by atoms with van der Waals surface area (Å²) in [4.78, 5) is 37.5. The monoisotopic (exact) mass is 480 g/mol. The van der Waals surface area contributed by atoms with Gasteiger partial charge < -0.3 is 20.5 Å². The Balaban J connectivity index is 1.67. The molecule has 3 rings (SSSR count). The van der Waals surface area contributed by atoms with Gasteiger partial charge in [0.2, 0.25) is 5.91 Å². The standard InChI is InChI=1S/C28H36N2O5/c1-5-17(3)15-24(27(32)33)29-26(31)25(18(4)6-2)30-28(34)35-16-23-21-13-9-7-11-19(21)20-12-8-10-14-22(20)23/h7-14,17-18,23-25H,5-6,15-16H2,1-4H3,(H,29,31)(H,30,34)(H,32,33)/t17?,18?,24?,25-/m0/s1. The average molecular weight is 481 g/mol. The van der Waals surface area contributed by atoms with Gasteiger partial charge in [0.05, 0.1) is 0 Å². The number of ether oxygens (including phenoxy) is 1. The maximum atomic E-state index is 13.0. The van der Waals surface area contributed by atoms with Gasteiger partial charge >= 0.3 is 12.1 Å². The summed E-state index contributed by atoms with van der Waals surface area (Å²) in [6.45, 7) is 7.83. The van der Waals surface area contributed by atoms with Crippen molar-refractivity contribution in [2.75, 3.05) is 6.61 Å². The van der Waals surface area contributed by atoms with Gasteiger partial charge in [0, 0.05) is 5.92 Å². The molecule has 0 aliphatic heterocycles. The third kappa shape index (κ3) is 6.21. The smallest absolute Gasteiger partial charge is 0.407 e. The summed E-state index contributed by atoms with van der Waals surface area (Å²) in [5.41, 5.74) is 4.48. The van der Waals surface area contributed by atoms with E-state index < -0.39 is 30.1 Å². The number of hydrogen-bond acceptors (Lipinski definition) is 4. The second-order valence-corrected chi connectivity index (χ2v) is 9.48.